The van der Waals surface area contributed by atoms with Gasteiger partial charge in [0.15, 0.2) is 0 Å². The lowest BCUT2D eigenvalue weighted by atomic mass is 9.85. The number of nitrogens with one attached hydrogen (secondary N) is 1. The number of thioether (sulfide) groups is 1. The van der Waals surface area contributed by atoms with Crippen LogP contribution in [0.15, 0.2) is 94.7 Å². The summed E-state index contributed by atoms with van der Waals surface area (Å²) in [4.78, 5) is 15.5. The summed E-state index contributed by atoms with van der Waals surface area (Å²) in [6.45, 7) is 6.32. The molecule has 5 rings (SSSR count). The van der Waals surface area contributed by atoms with Crippen molar-refractivity contribution < 1.29 is 18.0 Å². The zero-order valence-electron chi connectivity index (χ0n) is 25.0. The highest BCUT2D eigenvalue weighted by molar-refractivity contribution is 8.00. The zero-order valence-corrected chi connectivity index (χ0v) is 27.4. The van der Waals surface area contributed by atoms with Crippen LogP contribution in [0.5, 0.6) is 0 Å². The van der Waals surface area contributed by atoms with Gasteiger partial charge in [0.25, 0.3) is 5.91 Å². The fourth-order valence-corrected chi connectivity index (χ4v) is 7.00. The lowest BCUT2D eigenvalue weighted by Gasteiger charge is -2.34. The number of benzene rings is 4. The minimum atomic E-state index is -4.45. The van der Waals surface area contributed by atoms with E-state index in [9.17, 15) is 18.0 Å². The Morgan fingerprint density at radius 3 is 2.31 bits per heavy atom. The van der Waals surface area contributed by atoms with Gasteiger partial charge in [0.1, 0.15) is 0 Å². The third-order valence-electron chi connectivity index (χ3n) is 8.04. The van der Waals surface area contributed by atoms with E-state index in [0.717, 1.165) is 55.0 Å². The molecule has 10 heteroatoms. The highest BCUT2D eigenvalue weighted by Gasteiger charge is 2.30. The number of rotatable bonds is 9. The Kier molecular flexibility index (Phi) is 10.6. The predicted octanol–water partition coefficient (Wildman–Crippen LogP) is 10.2. The van der Waals surface area contributed by atoms with Crippen molar-refractivity contribution in [3.05, 3.63) is 107 Å². The second-order valence-corrected chi connectivity index (χ2v) is 14.0. The maximum atomic E-state index is 12.8. The Morgan fingerprint density at radius 2 is 1.67 bits per heavy atom. The number of piperidine rings is 1. The quantitative estimate of drug-likeness (QED) is 0.106. The maximum absolute atomic E-state index is 12.8. The number of hydrogen-bond donors (Lipinski definition) is 2. The van der Waals surface area contributed by atoms with Crippen LogP contribution in [-0.4, -0.2) is 24.5 Å². The Labute approximate surface area is 276 Å². The molecule has 0 spiro atoms. The first-order valence-corrected chi connectivity index (χ1v) is 16.8. The highest BCUT2D eigenvalue weighted by atomic mass is 35.5. The molecular formula is C35H35ClF3N3OS2. The molecule has 0 saturated carbocycles. The number of nitrogens with zero attached hydrogens (tertiary/aromatic N) is 1. The smallest absolute Gasteiger partial charge is 0.398 e. The Hall–Kier alpha value is -3.27. The van der Waals surface area contributed by atoms with Gasteiger partial charge >= 0.3 is 5.51 Å². The summed E-state index contributed by atoms with van der Waals surface area (Å²) >= 11 is 6.84. The van der Waals surface area contributed by atoms with Crippen LogP contribution in [-0.2, 0) is 6.42 Å². The molecule has 3 N–H and O–H groups in total. The fourth-order valence-electron chi connectivity index (χ4n) is 5.54. The van der Waals surface area contributed by atoms with E-state index in [1.165, 1.54) is 34.4 Å². The number of alkyl halides is 3. The van der Waals surface area contributed by atoms with Crippen LogP contribution < -0.4 is 15.4 Å². The average molecular weight is 670 g/mol. The lowest BCUT2D eigenvalue weighted by Crippen LogP contribution is -2.34. The molecule has 1 fully saturated rings. The number of amides is 1. The third-order valence-corrected chi connectivity index (χ3v) is 9.88. The van der Waals surface area contributed by atoms with Gasteiger partial charge in [-0.3, -0.25) is 9.52 Å². The van der Waals surface area contributed by atoms with Gasteiger partial charge in [0.2, 0.25) is 0 Å². The first-order chi connectivity index (χ1) is 21.4. The summed E-state index contributed by atoms with van der Waals surface area (Å²) in [6.07, 6.45) is 3.16. The van der Waals surface area contributed by atoms with Crippen molar-refractivity contribution in [3.63, 3.8) is 0 Å². The van der Waals surface area contributed by atoms with E-state index in [1.807, 2.05) is 24.3 Å². The third kappa shape index (κ3) is 8.93. The summed E-state index contributed by atoms with van der Waals surface area (Å²) in [7, 11) is 0. The van der Waals surface area contributed by atoms with Crippen molar-refractivity contribution in [2.45, 2.75) is 54.3 Å². The minimum Gasteiger partial charge on any atom is -0.398 e. The number of nitrogens with two attached hydrogens (primary N) is 1. The fraction of sp³-hybridized carbons (Fsp3) is 0.286. The van der Waals surface area contributed by atoms with Gasteiger partial charge in [0, 0.05) is 44.8 Å². The van der Waals surface area contributed by atoms with Crippen LogP contribution in [0.1, 0.15) is 54.1 Å². The lowest BCUT2D eigenvalue weighted by molar-refractivity contribution is -0.0328. The number of hydrogen-bond acceptors (Lipinski definition) is 5. The monoisotopic (exact) mass is 669 g/mol. The van der Waals surface area contributed by atoms with E-state index in [0.29, 0.717) is 22.3 Å². The zero-order chi connectivity index (χ0) is 32.1. The molecule has 0 aromatic heterocycles. The van der Waals surface area contributed by atoms with Gasteiger partial charge in [-0.05, 0) is 132 Å². The van der Waals surface area contributed by atoms with E-state index in [4.69, 9.17) is 17.3 Å². The second-order valence-electron chi connectivity index (χ2n) is 11.5. The van der Waals surface area contributed by atoms with Gasteiger partial charge in [-0.1, -0.05) is 55.8 Å². The SMILES string of the molecule is CC(C)c1ccc(-c2ccc(Cl)cc2)c(CC2CCN(c3ccc(C(=O)NSc4ccc(N)c(SC(F)(F)F)c4)cc3)CC2)c1. The van der Waals surface area contributed by atoms with E-state index in [2.05, 4.69) is 53.8 Å². The maximum Gasteiger partial charge on any atom is 0.446 e. The van der Waals surface area contributed by atoms with Crippen LogP contribution in [0.4, 0.5) is 24.5 Å². The summed E-state index contributed by atoms with van der Waals surface area (Å²) < 4.78 is 41.1. The molecule has 0 atom stereocenters. The molecule has 1 aliphatic rings. The van der Waals surface area contributed by atoms with Crippen LogP contribution in [0, 0.1) is 5.92 Å². The topological polar surface area (TPSA) is 58.4 Å². The number of carbonyl (C=O) groups excluding carboxylic acids is 1. The number of nitrogen functional groups attached to an aromatic ring is 1. The van der Waals surface area contributed by atoms with E-state index in [1.54, 1.807) is 18.2 Å². The van der Waals surface area contributed by atoms with Crippen LogP contribution >= 0.6 is 35.3 Å². The van der Waals surface area contributed by atoms with Gasteiger partial charge in [-0.15, -0.1) is 0 Å². The van der Waals surface area contributed by atoms with Crippen LogP contribution in [0.25, 0.3) is 11.1 Å². The Morgan fingerprint density at radius 1 is 0.978 bits per heavy atom. The van der Waals surface area contributed by atoms with E-state index >= 15 is 0 Å². The van der Waals surface area contributed by atoms with Crippen molar-refractivity contribution in [3.8, 4) is 11.1 Å². The molecule has 0 unspecified atom stereocenters. The summed E-state index contributed by atoms with van der Waals surface area (Å²) in [5.74, 6) is 0.703. The number of anilines is 2. The van der Waals surface area contributed by atoms with Crippen molar-refractivity contribution >= 4 is 52.6 Å². The molecule has 4 aromatic rings. The minimum absolute atomic E-state index is 0.0376. The molecule has 45 heavy (non-hydrogen) atoms. The molecule has 4 nitrogen and oxygen atoms in total. The van der Waals surface area contributed by atoms with Gasteiger partial charge in [-0.25, -0.2) is 0 Å². The van der Waals surface area contributed by atoms with Gasteiger partial charge < -0.3 is 10.6 Å². The van der Waals surface area contributed by atoms with Crippen LogP contribution in [0.2, 0.25) is 5.02 Å². The number of carbonyl (C=O) groups is 1. The largest absolute Gasteiger partial charge is 0.446 e. The first-order valence-electron chi connectivity index (χ1n) is 14.8. The molecule has 1 heterocycles. The van der Waals surface area contributed by atoms with Crippen molar-refractivity contribution in [1.29, 1.82) is 0 Å². The van der Waals surface area contributed by atoms with Gasteiger partial charge in [0.05, 0.1) is 0 Å². The van der Waals surface area contributed by atoms with E-state index in [-0.39, 0.29) is 28.3 Å². The number of halogens is 4. The Bertz CT molecular complexity index is 1620. The molecular weight excluding hydrogens is 635 g/mol. The molecule has 1 amide bonds. The molecule has 1 saturated heterocycles. The second kappa shape index (κ2) is 14.4. The van der Waals surface area contributed by atoms with Crippen molar-refractivity contribution in [2.75, 3.05) is 23.7 Å². The van der Waals surface area contributed by atoms with Crippen molar-refractivity contribution in [1.82, 2.24) is 4.72 Å². The molecule has 0 radical (unpaired) electrons. The molecule has 236 valence electrons. The predicted molar refractivity (Wildman–Crippen MR) is 182 cm³/mol. The standard InChI is InChI=1S/C35H35ClF3N3OS2/c1-22(2)26-7-13-31(24-3-8-28(36)9-4-24)27(20-26)19-23-15-17-42(18-16-23)29-10-5-25(6-11-29)34(43)41-45-30-12-14-32(40)33(21-30)44-35(37,38)39/h3-14,20-23H,15-19,40H2,1-2H3,(H,41,43). The van der Waals surface area contributed by atoms with Gasteiger partial charge in [-0.2, -0.15) is 13.2 Å². The summed E-state index contributed by atoms with van der Waals surface area (Å²) in [5.41, 5.74) is 7.99. The normalized spacial score (nSPS) is 14.2. The average Bonchev–Trinajstić information content (AvgIpc) is 3.01. The van der Waals surface area contributed by atoms with E-state index < -0.39 is 5.51 Å². The van der Waals surface area contributed by atoms with Crippen molar-refractivity contribution in [2.24, 2.45) is 5.92 Å². The first kappa shape index (κ1) is 33.1. The molecule has 4 aromatic carbocycles. The highest BCUT2D eigenvalue weighted by Crippen LogP contribution is 2.41. The summed E-state index contributed by atoms with van der Waals surface area (Å²) in [6, 6.07) is 26.7. The van der Waals surface area contributed by atoms with Crippen LogP contribution in [0.3, 0.4) is 0 Å². The molecule has 0 aliphatic carbocycles. The molecule has 1 aliphatic heterocycles. The Balaban J connectivity index is 1.17. The summed E-state index contributed by atoms with van der Waals surface area (Å²) in [5, 5.41) is 0.734. The molecule has 0 bridgehead atoms.